The molecule has 0 bridgehead atoms. The lowest BCUT2D eigenvalue weighted by molar-refractivity contribution is 0.660. The van der Waals surface area contributed by atoms with Gasteiger partial charge in [0.15, 0.2) is 0 Å². The van der Waals surface area contributed by atoms with Crippen LogP contribution in [0.3, 0.4) is 0 Å². The highest BCUT2D eigenvalue weighted by Crippen LogP contribution is 2.53. The molecule has 8 aromatic rings. The Morgan fingerprint density at radius 3 is 2.14 bits per heavy atom. The minimum Gasteiger partial charge on any atom is -0.456 e. The van der Waals surface area contributed by atoms with E-state index in [-0.39, 0.29) is 10.8 Å². The summed E-state index contributed by atoms with van der Waals surface area (Å²) < 4.78 is 8.69. The Bertz CT molecular complexity index is 2710. The molecule has 6 aromatic carbocycles. The van der Waals surface area contributed by atoms with Gasteiger partial charge in [0.25, 0.3) is 0 Å². The van der Waals surface area contributed by atoms with Crippen molar-refractivity contribution in [2.75, 3.05) is 0 Å². The molecule has 0 spiro atoms. The Balaban J connectivity index is 1.29. The second kappa shape index (κ2) is 12.1. The van der Waals surface area contributed by atoms with Crippen LogP contribution in [0.5, 0.6) is 0 Å². The maximum absolute atomic E-state index is 13.5. The first kappa shape index (κ1) is 31.6. The largest absolute Gasteiger partial charge is 0.456 e. The quantitative estimate of drug-likeness (QED) is 0.151. The van der Waals surface area contributed by atoms with Gasteiger partial charge in [-0.2, -0.15) is 0 Å². The Labute approximate surface area is 299 Å². The van der Waals surface area contributed by atoms with Crippen molar-refractivity contribution in [2.45, 2.75) is 71.6 Å². The van der Waals surface area contributed by atoms with Crippen LogP contribution in [-0.2, 0) is 18.3 Å². The number of para-hydroxylation sites is 2. The summed E-state index contributed by atoms with van der Waals surface area (Å²) in [6.45, 7) is 9.38. The maximum Gasteiger partial charge on any atom is 0.200 e. The molecule has 1 aliphatic carbocycles. The number of nitrogens with zero attached hydrogens (tertiary/aromatic N) is 1. The second-order valence-corrected chi connectivity index (χ2v) is 14.9. The van der Waals surface area contributed by atoms with Gasteiger partial charge in [-0.3, -0.25) is 4.79 Å². The minimum absolute atomic E-state index is 0.00658. The van der Waals surface area contributed by atoms with Crippen LogP contribution in [0.25, 0.3) is 71.7 Å². The van der Waals surface area contributed by atoms with Crippen LogP contribution < -0.4 is 5.43 Å². The average molecular weight is 666 g/mol. The number of hydrogen-bond donors (Lipinski definition) is 0. The Kier molecular flexibility index (Phi) is 7.50. The van der Waals surface area contributed by atoms with Gasteiger partial charge in [0.05, 0.1) is 21.8 Å². The zero-order valence-electron chi connectivity index (χ0n) is 30.0. The predicted octanol–water partition coefficient (Wildman–Crippen LogP) is 12.7. The van der Waals surface area contributed by atoms with Gasteiger partial charge in [-0.05, 0) is 113 Å². The van der Waals surface area contributed by atoms with Crippen molar-refractivity contribution >= 4 is 43.7 Å². The molecule has 2 heterocycles. The number of unbranched alkanes of at least 4 members (excludes halogenated alkanes) is 2. The van der Waals surface area contributed by atoms with Crippen molar-refractivity contribution in [3.05, 3.63) is 148 Å². The van der Waals surface area contributed by atoms with Gasteiger partial charge in [-0.15, -0.1) is 0 Å². The van der Waals surface area contributed by atoms with E-state index in [4.69, 9.17) is 4.42 Å². The van der Waals surface area contributed by atoms with Crippen LogP contribution in [0.4, 0.5) is 0 Å². The van der Waals surface area contributed by atoms with Crippen LogP contribution in [0, 0.1) is 0 Å². The third-order valence-electron chi connectivity index (χ3n) is 11.4. The molecule has 0 fully saturated rings. The predicted molar refractivity (Wildman–Crippen MR) is 215 cm³/mol. The standard InChI is InChI=1S/C48H43NO2/c1-5-7-14-31-15-13-19-34-38-29-41-44(35-17-9-11-20-40(35)48(41,3)4)37(16-8-6-2)46(38)49(45(31)34)33-25-22-30(23-26-33)32-24-27-43-39(28-32)47(50)36-18-10-12-21-42(36)51-43/h9-13,15,17-29H,5-8,14,16H2,1-4H3. The first-order chi connectivity index (χ1) is 24.9. The molecule has 0 unspecified atom stereocenters. The van der Waals surface area contributed by atoms with Gasteiger partial charge in [0, 0.05) is 21.9 Å². The van der Waals surface area contributed by atoms with Crippen LogP contribution >= 0.6 is 0 Å². The SMILES string of the molecule is CCCCc1cccc2c3cc4c(c(CCCC)c3n(-c3ccc(-c5ccc6oc7ccccc7c(=O)c6c5)cc3)c12)-c1ccccc1C4(C)C. The number of hydrogen-bond acceptors (Lipinski definition) is 2. The van der Waals surface area contributed by atoms with E-state index in [0.717, 1.165) is 55.3 Å². The number of aromatic nitrogens is 1. The monoisotopic (exact) mass is 665 g/mol. The second-order valence-electron chi connectivity index (χ2n) is 14.9. The summed E-state index contributed by atoms with van der Waals surface area (Å²) >= 11 is 0. The van der Waals surface area contributed by atoms with E-state index in [9.17, 15) is 4.79 Å². The molecule has 2 aromatic heterocycles. The first-order valence-electron chi connectivity index (χ1n) is 18.7. The fourth-order valence-electron chi connectivity index (χ4n) is 8.78. The highest BCUT2D eigenvalue weighted by molar-refractivity contribution is 6.14. The molecule has 0 atom stereocenters. The molecule has 0 saturated carbocycles. The molecule has 252 valence electrons. The topological polar surface area (TPSA) is 35.1 Å². The van der Waals surface area contributed by atoms with Crippen molar-refractivity contribution in [2.24, 2.45) is 0 Å². The molecule has 0 aliphatic heterocycles. The van der Waals surface area contributed by atoms with E-state index in [1.807, 2.05) is 36.4 Å². The molecule has 0 radical (unpaired) electrons. The minimum atomic E-state index is -0.0691. The first-order valence-corrected chi connectivity index (χ1v) is 18.7. The van der Waals surface area contributed by atoms with Crippen molar-refractivity contribution < 1.29 is 4.42 Å². The number of benzene rings is 6. The Morgan fingerprint density at radius 2 is 1.31 bits per heavy atom. The molecule has 1 aliphatic rings. The number of rotatable bonds is 8. The lowest BCUT2D eigenvalue weighted by Crippen LogP contribution is -2.15. The van der Waals surface area contributed by atoms with Gasteiger partial charge < -0.3 is 8.98 Å². The maximum atomic E-state index is 13.5. The van der Waals surface area contributed by atoms with Crippen molar-refractivity contribution in [3.63, 3.8) is 0 Å². The third kappa shape index (κ3) is 4.82. The van der Waals surface area contributed by atoms with Crippen molar-refractivity contribution in [1.29, 1.82) is 0 Å². The Morgan fingerprint density at radius 1 is 0.608 bits per heavy atom. The lowest BCUT2D eigenvalue weighted by Gasteiger charge is -2.22. The lowest BCUT2D eigenvalue weighted by atomic mass is 9.81. The van der Waals surface area contributed by atoms with Crippen LogP contribution in [-0.4, -0.2) is 4.57 Å². The van der Waals surface area contributed by atoms with Crippen LogP contribution in [0.1, 0.15) is 75.6 Å². The van der Waals surface area contributed by atoms with E-state index in [2.05, 4.69) is 111 Å². The van der Waals surface area contributed by atoms with Gasteiger partial charge >= 0.3 is 0 Å². The molecule has 3 heteroatoms. The van der Waals surface area contributed by atoms with Crippen LogP contribution in [0.2, 0.25) is 0 Å². The van der Waals surface area contributed by atoms with E-state index >= 15 is 0 Å². The fourth-order valence-corrected chi connectivity index (χ4v) is 8.78. The summed E-state index contributed by atoms with van der Waals surface area (Å²) in [7, 11) is 0. The number of fused-ring (bicyclic) bond motifs is 8. The van der Waals surface area contributed by atoms with Gasteiger partial charge in [-0.1, -0.05) is 113 Å². The molecule has 51 heavy (non-hydrogen) atoms. The zero-order chi connectivity index (χ0) is 34.9. The highest BCUT2D eigenvalue weighted by atomic mass is 16.3. The summed E-state index contributed by atoms with van der Waals surface area (Å²) in [6.07, 6.45) is 6.69. The molecular formula is C48H43NO2. The van der Waals surface area contributed by atoms with Crippen molar-refractivity contribution in [1.82, 2.24) is 4.57 Å². The van der Waals surface area contributed by atoms with Gasteiger partial charge in [0.2, 0.25) is 5.43 Å². The van der Waals surface area contributed by atoms with Gasteiger partial charge in [0.1, 0.15) is 11.2 Å². The summed E-state index contributed by atoms with van der Waals surface area (Å²) in [5.74, 6) is 0. The van der Waals surface area contributed by atoms with E-state index in [1.54, 1.807) is 0 Å². The van der Waals surface area contributed by atoms with E-state index in [1.165, 1.54) is 55.2 Å². The summed E-state index contributed by atoms with van der Waals surface area (Å²) in [6, 6.07) is 41.0. The van der Waals surface area contributed by atoms with Gasteiger partial charge in [-0.25, -0.2) is 0 Å². The molecule has 9 rings (SSSR count). The normalized spacial score (nSPS) is 13.4. The smallest absolute Gasteiger partial charge is 0.200 e. The Hall–Kier alpha value is -5.41. The molecule has 3 nitrogen and oxygen atoms in total. The number of aryl methyl sites for hydroxylation is 2. The summed E-state index contributed by atoms with van der Waals surface area (Å²) in [4.78, 5) is 13.5. The molecule has 0 amide bonds. The fraction of sp³-hybridized carbons (Fsp3) is 0.229. The third-order valence-corrected chi connectivity index (χ3v) is 11.4. The van der Waals surface area contributed by atoms with Crippen LogP contribution in [0.15, 0.2) is 124 Å². The summed E-state index contributed by atoms with van der Waals surface area (Å²) in [5.41, 5.74) is 15.7. The van der Waals surface area contributed by atoms with E-state index in [0.29, 0.717) is 21.9 Å². The molecule has 0 N–H and O–H groups in total. The summed E-state index contributed by atoms with van der Waals surface area (Å²) in [5, 5.41) is 3.91. The highest BCUT2D eigenvalue weighted by Gasteiger charge is 2.38. The zero-order valence-corrected chi connectivity index (χ0v) is 30.0. The average Bonchev–Trinajstić information content (AvgIpc) is 3.62. The van der Waals surface area contributed by atoms with E-state index < -0.39 is 0 Å². The van der Waals surface area contributed by atoms with Crippen molar-refractivity contribution in [3.8, 4) is 27.9 Å². The molecule has 0 saturated heterocycles. The molecular weight excluding hydrogens is 623 g/mol.